The first kappa shape index (κ1) is 17.0. The summed E-state index contributed by atoms with van der Waals surface area (Å²) < 4.78 is 26.8. The highest BCUT2D eigenvalue weighted by atomic mass is 35.5. The molecule has 1 heterocycles. The van der Waals surface area contributed by atoms with Crippen LogP contribution in [0.5, 0.6) is 0 Å². The summed E-state index contributed by atoms with van der Waals surface area (Å²) in [5, 5.41) is 9.50. The van der Waals surface area contributed by atoms with Gasteiger partial charge in [-0.15, -0.1) is 0 Å². The molecular formula is C13H18Cl2N2O3S. The molecule has 5 nitrogen and oxygen atoms in total. The first-order chi connectivity index (χ1) is 9.86. The highest BCUT2D eigenvalue weighted by Crippen LogP contribution is 2.30. The van der Waals surface area contributed by atoms with Crippen LogP contribution < -0.4 is 0 Å². The Kier molecular flexibility index (Phi) is 5.51. The van der Waals surface area contributed by atoms with E-state index in [9.17, 15) is 8.42 Å². The number of benzene rings is 1. The molecule has 21 heavy (non-hydrogen) atoms. The van der Waals surface area contributed by atoms with E-state index in [1.54, 1.807) is 13.0 Å². The Morgan fingerprint density at radius 2 is 1.71 bits per heavy atom. The topological polar surface area (TPSA) is 60.9 Å². The minimum atomic E-state index is -3.57. The fraction of sp³-hybridized carbons (Fsp3) is 0.538. The molecule has 0 bridgehead atoms. The molecule has 1 N–H and O–H groups in total. The van der Waals surface area contributed by atoms with Gasteiger partial charge in [0.05, 0.1) is 21.5 Å². The zero-order valence-electron chi connectivity index (χ0n) is 11.7. The summed E-state index contributed by atoms with van der Waals surface area (Å²) in [5.74, 6) is 0. The molecule has 1 saturated heterocycles. The molecule has 0 atom stereocenters. The highest BCUT2D eigenvalue weighted by Gasteiger charge is 2.29. The second kappa shape index (κ2) is 6.81. The van der Waals surface area contributed by atoms with Gasteiger partial charge >= 0.3 is 0 Å². The van der Waals surface area contributed by atoms with Crippen LogP contribution >= 0.6 is 23.2 Å². The van der Waals surface area contributed by atoms with E-state index in [0.717, 1.165) is 0 Å². The Labute approximate surface area is 135 Å². The molecular weight excluding hydrogens is 335 g/mol. The molecule has 8 heteroatoms. The predicted octanol–water partition coefficient (Wildman–Crippen LogP) is 1.60. The van der Waals surface area contributed by atoms with Crippen molar-refractivity contribution in [2.24, 2.45) is 0 Å². The minimum Gasteiger partial charge on any atom is -0.395 e. The average Bonchev–Trinajstić information content (AvgIpc) is 2.43. The van der Waals surface area contributed by atoms with Gasteiger partial charge in [-0.25, -0.2) is 8.42 Å². The summed E-state index contributed by atoms with van der Waals surface area (Å²) >= 11 is 11.8. The number of aliphatic hydroxyl groups is 1. The molecule has 1 aliphatic heterocycles. The summed E-state index contributed by atoms with van der Waals surface area (Å²) in [5.41, 5.74) is 0.585. The number of hydrogen-bond acceptors (Lipinski definition) is 4. The molecule has 0 saturated carbocycles. The summed E-state index contributed by atoms with van der Waals surface area (Å²) in [6.45, 7) is 4.39. The van der Waals surface area contributed by atoms with E-state index in [-0.39, 0.29) is 16.5 Å². The number of aryl methyl sites for hydroxylation is 1. The molecule has 1 aromatic carbocycles. The number of halogens is 2. The molecule has 118 valence electrons. The Hall–Kier alpha value is -0.370. The van der Waals surface area contributed by atoms with E-state index >= 15 is 0 Å². The fourth-order valence-corrected chi connectivity index (χ4v) is 4.48. The lowest BCUT2D eigenvalue weighted by Gasteiger charge is -2.33. The van der Waals surface area contributed by atoms with Crippen molar-refractivity contribution >= 4 is 33.2 Å². The van der Waals surface area contributed by atoms with Crippen molar-refractivity contribution in [3.05, 3.63) is 27.7 Å². The van der Waals surface area contributed by atoms with Crippen LogP contribution in [0.15, 0.2) is 17.0 Å². The molecule has 1 aromatic rings. The minimum absolute atomic E-state index is 0.0820. The molecule has 1 fully saturated rings. The summed E-state index contributed by atoms with van der Waals surface area (Å²) in [6, 6.07) is 2.98. The van der Waals surface area contributed by atoms with Crippen LogP contribution in [0, 0.1) is 6.92 Å². The van der Waals surface area contributed by atoms with Crippen molar-refractivity contribution in [2.75, 3.05) is 39.3 Å². The predicted molar refractivity (Wildman–Crippen MR) is 83.5 cm³/mol. The van der Waals surface area contributed by atoms with Gasteiger partial charge in [0.2, 0.25) is 10.0 Å². The van der Waals surface area contributed by atoms with Crippen molar-refractivity contribution < 1.29 is 13.5 Å². The van der Waals surface area contributed by atoms with Gasteiger partial charge in [0.25, 0.3) is 0 Å². The van der Waals surface area contributed by atoms with Crippen molar-refractivity contribution in [1.82, 2.24) is 9.21 Å². The lowest BCUT2D eigenvalue weighted by molar-refractivity contribution is 0.151. The summed E-state index contributed by atoms with van der Waals surface area (Å²) in [4.78, 5) is 2.24. The third-order valence-corrected chi connectivity index (χ3v) is 6.35. The zero-order chi connectivity index (χ0) is 15.6. The third kappa shape index (κ3) is 3.70. The fourth-order valence-electron chi connectivity index (χ4n) is 2.38. The first-order valence-electron chi connectivity index (χ1n) is 6.65. The van der Waals surface area contributed by atoms with Crippen molar-refractivity contribution in [2.45, 2.75) is 11.8 Å². The van der Waals surface area contributed by atoms with Gasteiger partial charge in [0, 0.05) is 32.7 Å². The molecule has 0 aliphatic carbocycles. The lowest BCUT2D eigenvalue weighted by atomic mass is 10.2. The van der Waals surface area contributed by atoms with Crippen LogP contribution in [0.1, 0.15) is 5.56 Å². The van der Waals surface area contributed by atoms with E-state index in [1.807, 2.05) is 4.90 Å². The average molecular weight is 353 g/mol. The molecule has 0 radical (unpaired) electrons. The maximum Gasteiger partial charge on any atom is 0.243 e. The lowest BCUT2D eigenvalue weighted by Crippen LogP contribution is -2.49. The molecule has 0 unspecified atom stereocenters. The largest absolute Gasteiger partial charge is 0.395 e. The number of β-amino-alcohol motifs (C(OH)–C–C–N with tert-alkyl or cyclic N) is 1. The zero-order valence-corrected chi connectivity index (χ0v) is 14.0. The SMILES string of the molecule is Cc1cc(Cl)c(Cl)cc1S(=O)(=O)N1CCN(CCO)CC1. The number of hydrogen-bond donors (Lipinski definition) is 1. The van der Waals surface area contributed by atoms with Gasteiger partial charge in [0.15, 0.2) is 0 Å². The van der Waals surface area contributed by atoms with Gasteiger partial charge in [0.1, 0.15) is 0 Å². The quantitative estimate of drug-likeness (QED) is 0.893. The smallest absolute Gasteiger partial charge is 0.243 e. The van der Waals surface area contributed by atoms with Crippen molar-refractivity contribution in [3.8, 4) is 0 Å². The number of rotatable bonds is 4. The maximum absolute atomic E-state index is 12.7. The van der Waals surface area contributed by atoms with E-state index in [2.05, 4.69) is 0 Å². The molecule has 2 rings (SSSR count). The number of sulfonamides is 1. The van der Waals surface area contributed by atoms with Gasteiger partial charge < -0.3 is 5.11 Å². The van der Waals surface area contributed by atoms with Crippen LogP contribution in [0.4, 0.5) is 0 Å². The Balaban J connectivity index is 2.22. The maximum atomic E-state index is 12.7. The van der Waals surface area contributed by atoms with Gasteiger partial charge in [-0.3, -0.25) is 4.90 Å². The Morgan fingerprint density at radius 3 is 2.29 bits per heavy atom. The van der Waals surface area contributed by atoms with Crippen molar-refractivity contribution in [1.29, 1.82) is 0 Å². The monoisotopic (exact) mass is 352 g/mol. The molecule has 0 spiro atoms. The van der Waals surface area contributed by atoms with Crippen LogP contribution in [-0.2, 0) is 10.0 Å². The van der Waals surface area contributed by atoms with E-state index in [1.165, 1.54) is 10.4 Å². The third-order valence-electron chi connectivity index (χ3n) is 3.58. The number of nitrogens with zero attached hydrogens (tertiary/aromatic N) is 2. The normalized spacial score (nSPS) is 18.1. The number of aliphatic hydroxyl groups excluding tert-OH is 1. The number of piperazine rings is 1. The van der Waals surface area contributed by atoms with Gasteiger partial charge in [-0.2, -0.15) is 4.31 Å². The van der Waals surface area contributed by atoms with Gasteiger partial charge in [-0.05, 0) is 24.6 Å². The van der Waals surface area contributed by atoms with Gasteiger partial charge in [-0.1, -0.05) is 23.2 Å². The first-order valence-corrected chi connectivity index (χ1v) is 8.85. The Bertz CT molecular complexity index is 614. The standard InChI is InChI=1S/C13H18Cl2N2O3S/c1-10-8-11(14)12(15)9-13(10)21(19,20)17-4-2-16(3-5-17)6-7-18/h8-9,18H,2-7H2,1H3. The van der Waals surface area contributed by atoms with Crippen molar-refractivity contribution in [3.63, 3.8) is 0 Å². The summed E-state index contributed by atoms with van der Waals surface area (Å²) in [7, 11) is -3.57. The highest BCUT2D eigenvalue weighted by molar-refractivity contribution is 7.89. The second-order valence-electron chi connectivity index (χ2n) is 5.00. The van der Waals surface area contributed by atoms with E-state index in [4.69, 9.17) is 28.3 Å². The Morgan fingerprint density at radius 1 is 1.14 bits per heavy atom. The van der Waals surface area contributed by atoms with E-state index in [0.29, 0.717) is 43.3 Å². The van der Waals surface area contributed by atoms with Crippen LogP contribution in [0.2, 0.25) is 10.0 Å². The molecule has 0 aromatic heterocycles. The molecule has 1 aliphatic rings. The van der Waals surface area contributed by atoms with Crippen LogP contribution in [0.3, 0.4) is 0 Å². The molecule has 0 amide bonds. The van der Waals surface area contributed by atoms with E-state index < -0.39 is 10.0 Å². The van der Waals surface area contributed by atoms with Crippen LogP contribution in [0.25, 0.3) is 0 Å². The van der Waals surface area contributed by atoms with Crippen LogP contribution in [-0.4, -0.2) is 62.1 Å². The summed E-state index contributed by atoms with van der Waals surface area (Å²) in [6.07, 6.45) is 0. The second-order valence-corrected chi connectivity index (χ2v) is 7.72.